The van der Waals surface area contributed by atoms with Crippen molar-refractivity contribution < 1.29 is 0 Å². The Morgan fingerprint density at radius 3 is 1.52 bits per heavy atom. The molecule has 0 aliphatic carbocycles. The first-order chi connectivity index (χ1) is 24.6. The first-order valence-electron chi connectivity index (χ1n) is 16.0. The lowest BCUT2D eigenvalue weighted by molar-refractivity contribution is 0.904. The molecule has 3 aromatic heterocycles. The second-order valence-electron chi connectivity index (χ2n) is 12.3. The first-order valence-corrected chi connectivity index (χ1v) is 16.0. The van der Waals surface area contributed by atoms with Crippen LogP contribution in [-0.2, 0) is 0 Å². The molecule has 0 radical (unpaired) electrons. The summed E-state index contributed by atoms with van der Waals surface area (Å²) < 4.78 is 3.98. The molecule has 0 amide bonds. The van der Waals surface area contributed by atoms with E-state index < -0.39 is 0 Å². The molecular formula is C42H21N7O. The maximum Gasteiger partial charge on any atom is 0.240 e. The Balaban J connectivity index is 1.45. The Hall–Kier alpha value is -7.42. The molecule has 0 N–H and O–H groups in total. The van der Waals surface area contributed by atoms with E-state index in [1.807, 2.05) is 60.7 Å². The summed E-state index contributed by atoms with van der Waals surface area (Å²) in [6, 6.07) is 46.8. The molecule has 0 unspecified atom stereocenters. The van der Waals surface area contributed by atoms with Crippen LogP contribution in [0.2, 0.25) is 0 Å². The predicted octanol–water partition coefficient (Wildman–Crippen LogP) is 8.63. The predicted molar refractivity (Wildman–Crippen MR) is 197 cm³/mol. The minimum absolute atomic E-state index is 0.0831. The standard InChI is InChI=1S/C42H21N7O/c43-22-39-45-40(23-44)47-42(46-39)49-35-17-9-8-16-29(35)41(50)34-19-33-32-18-30-27-14-6-4-12-25(27)26-13-5-7-15-28(26)31(30)20-36(32)48(37(33)21-38(34)49)24-10-2-1-3-11-24/h1-21H. The minimum atomic E-state index is -0.187. The summed E-state index contributed by atoms with van der Waals surface area (Å²) in [7, 11) is 0. The van der Waals surface area contributed by atoms with E-state index in [0.29, 0.717) is 21.8 Å². The Morgan fingerprint density at radius 1 is 0.420 bits per heavy atom. The van der Waals surface area contributed by atoms with Gasteiger partial charge in [-0.15, -0.1) is 0 Å². The van der Waals surface area contributed by atoms with Crippen LogP contribution in [0.1, 0.15) is 11.6 Å². The number of fused-ring (bicyclic) bond motifs is 11. The second kappa shape index (κ2) is 10.3. The molecule has 0 spiro atoms. The fourth-order valence-electron chi connectivity index (χ4n) is 7.59. The average molecular weight is 640 g/mol. The second-order valence-corrected chi connectivity index (χ2v) is 12.3. The van der Waals surface area contributed by atoms with E-state index in [9.17, 15) is 15.3 Å². The highest BCUT2D eigenvalue weighted by Crippen LogP contribution is 2.42. The topological polar surface area (TPSA) is 113 Å². The quantitative estimate of drug-likeness (QED) is 0.138. The van der Waals surface area contributed by atoms with Gasteiger partial charge in [0.25, 0.3) is 0 Å². The minimum Gasteiger partial charge on any atom is -0.309 e. The van der Waals surface area contributed by atoms with E-state index >= 15 is 0 Å². The largest absolute Gasteiger partial charge is 0.309 e. The fraction of sp³-hybridized carbons (Fsp3) is 0. The van der Waals surface area contributed by atoms with Gasteiger partial charge < -0.3 is 4.57 Å². The van der Waals surface area contributed by atoms with E-state index in [-0.39, 0.29) is 23.0 Å². The van der Waals surface area contributed by atoms with Crippen molar-refractivity contribution in [2.45, 2.75) is 0 Å². The third-order valence-corrected chi connectivity index (χ3v) is 9.66. The van der Waals surface area contributed by atoms with Gasteiger partial charge in [0.05, 0.1) is 22.1 Å². The lowest BCUT2D eigenvalue weighted by atomic mass is 9.93. The number of aromatic nitrogens is 5. The van der Waals surface area contributed by atoms with E-state index in [4.69, 9.17) is 0 Å². The van der Waals surface area contributed by atoms with Gasteiger partial charge in [0.1, 0.15) is 12.1 Å². The van der Waals surface area contributed by atoms with Gasteiger partial charge in [-0.1, -0.05) is 78.9 Å². The highest BCUT2D eigenvalue weighted by molar-refractivity contribution is 6.29. The van der Waals surface area contributed by atoms with Crippen LogP contribution in [0.15, 0.2) is 132 Å². The molecule has 8 nitrogen and oxygen atoms in total. The summed E-state index contributed by atoms with van der Waals surface area (Å²) >= 11 is 0. The van der Waals surface area contributed by atoms with Crippen molar-refractivity contribution >= 4 is 75.9 Å². The molecule has 10 rings (SSSR count). The number of para-hydroxylation sites is 2. The number of benzene rings is 7. The van der Waals surface area contributed by atoms with Crippen molar-refractivity contribution in [2.75, 3.05) is 0 Å². The van der Waals surface area contributed by atoms with Crippen LogP contribution in [0.25, 0.3) is 87.6 Å². The number of nitrogens with zero attached hydrogens (tertiary/aromatic N) is 7. The molecule has 230 valence electrons. The number of hydrogen-bond acceptors (Lipinski definition) is 6. The van der Waals surface area contributed by atoms with Crippen molar-refractivity contribution in [3.63, 3.8) is 0 Å². The van der Waals surface area contributed by atoms with Gasteiger partial charge in [0, 0.05) is 27.2 Å². The van der Waals surface area contributed by atoms with Crippen molar-refractivity contribution in [3.05, 3.63) is 149 Å². The number of rotatable bonds is 2. The normalized spacial score (nSPS) is 11.6. The van der Waals surface area contributed by atoms with Crippen molar-refractivity contribution in [1.29, 1.82) is 10.5 Å². The monoisotopic (exact) mass is 639 g/mol. The van der Waals surface area contributed by atoms with Gasteiger partial charge in [-0.05, 0) is 80.8 Å². The smallest absolute Gasteiger partial charge is 0.240 e. The molecule has 3 heterocycles. The summed E-state index contributed by atoms with van der Waals surface area (Å²) in [5.74, 6) is -0.291. The van der Waals surface area contributed by atoms with Gasteiger partial charge >= 0.3 is 0 Å². The van der Waals surface area contributed by atoms with E-state index in [1.165, 1.54) is 16.2 Å². The lowest BCUT2D eigenvalue weighted by Crippen LogP contribution is -2.14. The van der Waals surface area contributed by atoms with Gasteiger partial charge in [-0.3, -0.25) is 9.36 Å². The maximum absolute atomic E-state index is 14.3. The summed E-state index contributed by atoms with van der Waals surface area (Å²) in [5, 5.41) is 29.3. The SMILES string of the molecule is N#Cc1nc(C#N)nc(-n2c3ccccc3c(=O)c3cc4c5cc6c7ccccc7c7ccccc7c6cc5n(-c5ccccc5)c4cc32)n1. The van der Waals surface area contributed by atoms with Gasteiger partial charge in [0.2, 0.25) is 17.6 Å². The summed E-state index contributed by atoms with van der Waals surface area (Å²) in [6.45, 7) is 0. The van der Waals surface area contributed by atoms with Crippen LogP contribution < -0.4 is 5.43 Å². The molecule has 0 aliphatic heterocycles. The molecule has 0 saturated carbocycles. The molecule has 8 heteroatoms. The van der Waals surface area contributed by atoms with Crippen LogP contribution in [-0.4, -0.2) is 24.1 Å². The Kier molecular flexibility index (Phi) is 5.69. The zero-order valence-electron chi connectivity index (χ0n) is 26.2. The molecule has 0 aliphatic rings. The molecule has 0 saturated heterocycles. The Morgan fingerprint density at radius 2 is 0.900 bits per heavy atom. The van der Waals surface area contributed by atoms with E-state index in [2.05, 4.69) is 92.3 Å². The van der Waals surface area contributed by atoms with Crippen LogP contribution in [0.3, 0.4) is 0 Å². The van der Waals surface area contributed by atoms with Crippen LogP contribution in [0.4, 0.5) is 0 Å². The molecule has 7 aromatic carbocycles. The number of nitriles is 2. The Labute approximate surface area is 283 Å². The highest BCUT2D eigenvalue weighted by Gasteiger charge is 2.21. The molecule has 50 heavy (non-hydrogen) atoms. The van der Waals surface area contributed by atoms with Gasteiger partial charge in [-0.2, -0.15) is 25.5 Å². The molecule has 0 fully saturated rings. The third-order valence-electron chi connectivity index (χ3n) is 9.66. The van der Waals surface area contributed by atoms with Gasteiger partial charge in [-0.25, -0.2) is 0 Å². The van der Waals surface area contributed by atoms with Crippen molar-refractivity contribution in [1.82, 2.24) is 24.1 Å². The fourth-order valence-corrected chi connectivity index (χ4v) is 7.59. The van der Waals surface area contributed by atoms with Gasteiger partial charge in [0.15, 0.2) is 5.43 Å². The maximum atomic E-state index is 14.3. The van der Waals surface area contributed by atoms with Crippen LogP contribution >= 0.6 is 0 Å². The van der Waals surface area contributed by atoms with Crippen LogP contribution in [0, 0.1) is 22.7 Å². The third kappa shape index (κ3) is 3.79. The average Bonchev–Trinajstić information content (AvgIpc) is 3.49. The molecular weight excluding hydrogens is 619 g/mol. The number of hydrogen-bond donors (Lipinski definition) is 0. The Bertz CT molecular complexity index is 3220. The van der Waals surface area contributed by atoms with E-state index in [1.54, 1.807) is 10.6 Å². The first kappa shape index (κ1) is 27.7. The molecule has 0 atom stereocenters. The summed E-state index contributed by atoms with van der Waals surface area (Å²) in [6.07, 6.45) is 0. The summed E-state index contributed by atoms with van der Waals surface area (Å²) in [4.78, 5) is 27.1. The van der Waals surface area contributed by atoms with E-state index in [0.717, 1.165) is 43.7 Å². The molecule has 0 bridgehead atoms. The zero-order valence-corrected chi connectivity index (χ0v) is 26.2. The zero-order chi connectivity index (χ0) is 33.5. The summed E-state index contributed by atoms with van der Waals surface area (Å²) in [5.41, 5.74) is 3.79. The van der Waals surface area contributed by atoms with Crippen molar-refractivity contribution in [2.24, 2.45) is 0 Å². The van der Waals surface area contributed by atoms with Crippen molar-refractivity contribution in [3.8, 4) is 23.8 Å². The number of pyridine rings is 1. The lowest BCUT2D eigenvalue weighted by Gasteiger charge is -2.15. The highest BCUT2D eigenvalue weighted by atomic mass is 16.1. The van der Waals surface area contributed by atoms with Crippen LogP contribution in [0.5, 0.6) is 0 Å². The molecule has 10 aromatic rings.